The average Bonchev–Trinajstić information content (AvgIpc) is 2.45. The molecular formula is C17H20FNO. The van der Waals surface area contributed by atoms with Gasteiger partial charge in [-0.05, 0) is 49.7 Å². The van der Waals surface area contributed by atoms with Gasteiger partial charge in [0.15, 0.2) is 11.6 Å². The SMILES string of the molecule is CNC(COc1ccccc1F)c1ccc(C)c(C)c1. The zero-order chi connectivity index (χ0) is 14.5. The molecule has 0 saturated carbocycles. The largest absolute Gasteiger partial charge is 0.489 e. The molecule has 2 aromatic carbocycles. The van der Waals surface area contributed by atoms with Crippen molar-refractivity contribution in [3.63, 3.8) is 0 Å². The highest BCUT2D eigenvalue weighted by Gasteiger charge is 2.12. The van der Waals surface area contributed by atoms with Gasteiger partial charge in [0.05, 0.1) is 6.04 Å². The van der Waals surface area contributed by atoms with Crippen LogP contribution in [0.1, 0.15) is 22.7 Å². The molecule has 0 spiro atoms. The summed E-state index contributed by atoms with van der Waals surface area (Å²) < 4.78 is 19.1. The van der Waals surface area contributed by atoms with Crippen LogP contribution in [0.5, 0.6) is 5.75 Å². The topological polar surface area (TPSA) is 21.3 Å². The van der Waals surface area contributed by atoms with Crippen LogP contribution in [0.4, 0.5) is 4.39 Å². The molecule has 3 heteroatoms. The van der Waals surface area contributed by atoms with Crippen LogP contribution >= 0.6 is 0 Å². The summed E-state index contributed by atoms with van der Waals surface area (Å²) in [6, 6.07) is 12.8. The standard InChI is InChI=1S/C17H20FNO/c1-12-8-9-14(10-13(12)2)16(19-3)11-20-17-7-5-4-6-15(17)18/h4-10,16,19H,11H2,1-3H3. The first-order valence-corrected chi connectivity index (χ1v) is 6.73. The quantitative estimate of drug-likeness (QED) is 0.895. The second-order valence-corrected chi connectivity index (χ2v) is 4.93. The molecule has 0 fully saturated rings. The minimum atomic E-state index is -0.331. The van der Waals surface area contributed by atoms with Gasteiger partial charge in [0.25, 0.3) is 0 Å². The number of rotatable bonds is 5. The van der Waals surface area contributed by atoms with E-state index in [2.05, 4.69) is 37.4 Å². The smallest absolute Gasteiger partial charge is 0.165 e. The summed E-state index contributed by atoms with van der Waals surface area (Å²) in [5, 5.41) is 3.21. The molecule has 2 nitrogen and oxygen atoms in total. The number of benzene rings is 2. The van der Waals surface area contributed by atoms with Crippen LogP contribution in [0.15, 0.2) is 42.5 Å². The van der Waals surface area contributed by atoms with E-state index in [1.54, 1.807) is 18.2 Å². The molecule has 1 unspecified atom stereocenters. The molecule has 0 aromatic heterocycles. The van der Waals surface area contributed by atoms with Gasteiger partial charge in [-0.2, -0.15) is 0 Å². The third kappa shape index (κ3) is 3.36. The summed E-state index contributed by atoms with van der Waals surface area (Å²) in [5.74, 6) is -0.0426. The van der Waals surface area contributed by atoms with Crippen molar-refractivity contribution in [1.29, 1.82) is 0 Å². The van der Waals surface area contributed by atoms with Crippen molar-refractivity contribution in [3.8, 4) is 5.75 Å². The highest BCUT2D eigenvalue weighted by atomic mass is 19.1. The second kappa shape index (κ2) is 6.53. The van der Waals surface area contributed by atoms with Crippen molar-refractivity contribution >= 4 is 0 Å². The summed E-state index contributed by atoms with van der Waals surface area (Å²) in [6.07, 6.45) is 0. The molecule has 0 aliphatic rings. The van der Waals surface area contributed by atoms with Crippen molar-refractivity contribution in [2.45, 2.75) is 19.9 Å². The first-order valence-electron chi connectivity index (χ1n) is 6.73. The van der Waals surface area contributed by atoms with Gasteiger partial charge < -0.3 is 10.1 Å². The van der Waals surface area contributed by atoms with Crippen molar-refractivity contribution in [1.82, 2.24) is 5.32 Å². The zero-order valence-corrected chi connectivity index (χ0v) is 12.1. The second-order valence-electron chi connectivity index (χ2n) is 4.93. The van der Waals surface area contributed by atoms with Crippen LogP contribution in [-0.4, -0.2) is 13.7 Å². The number of halogens is 1. The van der Waals surface area contributed by atoms with Crippen LogP contribution in [0, 0.1) is 19.7 Å². The van der Waals surface area contributed by atoms with Crippen LogP contribution < -0.4 is 10.1 Å². The summed E-state index contributed by atoms with van der Waals surface area (Å²) in [5.41, 5.74) is 3.65. The predicted octanol–water partition coefficient (Wildman–Crippen LogP) is 3.78. The van der Waals surface area contributed by atoms with Crippen LogP contribution in [0.2, 0.25) is 0 Å². The Morgan fingerprint density at radius 2 is 1.85 bits per heavy atom. The molecule has 0 aliphatic heterocycles. The molecular weight excluding hydrogens is 253 g/mol. The molecule has 1 N–H and O–H groups in total. The van der Waals surface area contributed by atoms with E-state index in [1.807, 2.05) is 7.05 Å². The van der Waals surface area contributed by atoms with Gasteiger partial charge in [-0.15, -0.1) is 0 Å². The van der Waals surface area contributed by atoms with E-state index in [1.165, 1.54) is 17.2 Å². The number of aryl methyl sites for hydroxylation is 2. The van der Waals surface area contributed by atoms with Gasteiger partial charge in [0, 0.05) is 0 Å². The van der Waals surface area contributed by atoms with E-state index in [0.29, 0.717) is 6.61 Å². The van der Waals surface area contributed by atoms with Gasteiger partial charge in [-0.1, -0.05) is 30.3 Å². The predicted molar refractivity (Wildman–Crippen MR) is 79.6 cm³/mol. The normalized spacial score (nSPS) is 12.2. The first kappa shape index (κ1) is 14.5. The first-order chi connectivity index (χ1) is 9.61. The molecule has 0 bridgehead atoms. The van der Waals surface area contributed by atoms with E-state index < -0.39 is 0 Å². The Kier molecular flexibility index (Phi) is 4.74. The summed E-state index contributed by atoms with van der Waals surface area (Å²) in [7, 11) is 1.88. The fourth-order valence-electron chi connectivity index (χ4n) is 2.06. The number of likely N-dealkylation sites (N-methyl/N-ethyl adjacent to an activating group) is 1. The van der Waals surface area contributed by atoms with E-state index in [9.17, 15) is 4.39 Å². The van der Waals surface area contributed by atoms with E-state index >= 15 is 0 Å². The molecule has 0 heterocycles. The van der Waals surface area contributed by atoms with Crippen LogP contribution in [-0.2, 0) is 0 Å². The molecule has 2 rings (SSSR count). The van der Waals surface area contributed by atoms with Gasteiger partial charge in [0.1, 0.15) is 6.61 Å². The van der Waals surface area contributed by atoms with Gasteiger partial charge in [-0.3, -0.25) is 0 Å². The maximum atomic E-state index is 13.5. The number of nitrogens with one attached hydrogen (secondary N) is 1. The molecule has 0 amide bonds. The Morgan fingerprint density at radius 1 is 1.10 bits per heavy atom. The lowest BCUT2D eigenvalue weighted by atomic mass is 10.0. The van der Waals surface area contributed by atoms with Gasteiger partial charge in [-0.25, -0.2) is 4.39 Å². The highest BCUT2D eigenvalue weighted by molar-refractivity contribution is 5.32. The minimum Gasteiger partial charge on any atom is -0.489 e. The van der Waals surface area contributed by atoms with Crippen molar-refractivity contribution in [2.75, 3.05) is 13.7 Å². The third-order valence-corrected chi connectivity index (χ3v) is 3.52. The van der Waals surface area contributed by atoms with Crippen molar-refractivity contribution in [3.05, 3.63) is 65.0 Å². The van der Waals surface area contributed by atoms with Crippen molar-refractivity contribution < 1.29 is 9.13 Å². The highest BCUT2D eigenvalue weighted by Crippen LogP contribution is 2.20. The Labute approximate surface area is 119 Å². The van der Waals surface area contributed by atoms with Crippen molar-refractivity contribution in [2.24, 2.45) is 0 Å². The third-order valence-electron chi connectivity index (χ3n) is 3.52. The lowest BCUT2D eigenvalue weighted by Gasteiger charge is -2.18. The zero-order valence-electron chi connectivity index (χ0n) is 12.1. The number of hydrogen-bond donors (Lipinski definition) is 1. The molecule has 20 heavy (non-hydrogen) atoms. The number of hydrogen-bond acceptors (Lipinski definition) is 2. The Morgan fingerprint density at radius 3 is 2.50 bits per heavy atom. The number of para-hydroxylation sites is 1. The number of ether oxygens (including phenoxy) is 1. The average molecular weight is 273 g/mol. The molecule has 0 aliphatic carbocycles. The molecule has 1 atom stereocenters. The van der Waals surface area contributed by atoms with Crippen LogP contribution in [0.25, 0.3) is 0 Å². The van der Waals surface area contributed by atoms with E-state index in [0.717, 1.165) is 5.56 Å². The van der Waals surface area contributed by atoms with E-state index in [-0.39, 0.29) is 17.6 Å². The molecule has 0 radical (unpaired) electrons. The van der Waals surface area contributed by atoms with Gasteiger partial charge in [0.2, 0.25) is 0 Å². The maximum Gasteiger partial charge on any atom is 0.165 e. The van der Waals surface area contributed by atoms with Gasteiger partial charge >= 0.3 is 0 Å². The van der Waals surface area contributed by atoms with E-state index in [4.69, 9.17) is 4.74 Å². The lowest BCUT2D eigenvalue weighted by Crippen LogP contribution is -2.23. The summed E-state index contributed by atoms with van der Waals surface area (Å²) >= 11 is 0. The Hall–Kier alpha value is -1.87. The monoisotopic (exact) mass is 273 g/mol. The fraction of sp³-hybridized carbons (Fsp3) is 0.294. The van der Waals surface area contributed by atoms with Crippen LogP contribution in [0.3, 0.4) is 0 Å². The molecule has 2 aromatic rings. The minimum absolute atomic E-state index is 0.0360. The summed E-state index contributed by atoms with van der Waals surface area (Å²) in [6.45, 7) is 4.56. The summed E-state index contributed by atoms with van der Waals surface area (Å²) in [4.78, 5) is 0. The maximum absolute atomic E-state index is 13.5. The molecule has 0 saturated heterocycles. The molecule has 106 valence electrons. The fourth-order valence-corrected chi connectivity index (χ4v) is 2.06. The Bertz CT molecular complexity index is 583. The lowest BCUT2D eigenvalue weighted by molar-refractivity contribution is 0.261. The Balaban J connectivity index is 2.09.